The first-order chi connectivity index (χ1) is 8.71. The average molecular weight is 260 g/mol. The molecular weight excluding hydrogens is 239 g/mol. The van der Waals surface area contributed by atoms with Crippen LogP contribution in [0.4, 0.5) is 5.82 Å². The molecule has 0 radical (unpaired) electrons. The summed E-state index contributed by atoms with van der Waals surface area (Å²) in [7, 11) is -0.334. The van der Waals surface area contributed by atoms with E-state index in [1.54, 1.807) is 6.20 Å². The van der Waals surface area contributed by atoms with E-state index in [9.17, 15) is 0 Å². The molecule has 0 spiro atoms. The third-order valence-electron chi connectivity index (χ3n) is 3.87. The van der Waals surface area contributed by atoms with E-state index in [1.807, 2.05) is 52.7 Å². The first-order valence-electron chi connectivity index (χ1n) is 6.47. The molecule has 102 valence electrons. The molecular formula is C14H21BN2O2. The van der Waals surface area contributed by atoms with Crippen molar-refractivity contribution >= 4 is 19.0 Å². The summed E-state index contributed by atoms with van der Waals surface area (Å²) in [6.07, 6.45) is 3.73. The molecule has 0 bridgehead atoms. The number of hydrogen-bond acceptors (Lipinski definition) is 4. The van der Waals surface area contributed by atoms with Gasteiger partial charge < -0.3 is 15.0 Å². The lowest BCUT2D eigenvalue weighted by atomic mass is 9.89. The summed E-state index contributed by atoms with van der Waals surface area (Å²) in [5.74, 6) is 2.43. The van der Waals surface area contributed by atoms with E-state index >= 15 is 0 Å². The summed E-state index contributed by atoms with van der Waals surface area (Å²) in [4.78, 5) is 4.05. The van der Waals surface area contributed by atoms with Gasteiger partial charge in [0.1, 0.15) is 5.82 Å². The van der Waals surface area contributed by atoms with E-state index in [1.165, 1.54) is 0 Å². The van der Waals surface area contributed by atoms with Crippen LogP contribution >= 0.6 is 0 Å². The number of nitrogens with zero attached hydrogens (tertiary/aromatic N) is 1. The first kappa shape index (κ1) is 14.1. The maximum atomic E-state index is 5.90. The molecule has 1 aromatic heterocycles. The number of aromatic nitrogens is 1. The number of aryl methyl sites for hydroxylation is 1. The molecule has 0 unspecified atom stereocenters. The van der Waals surface area contributed by atoms with E-state index in [-0.39, 0.29) is 18.3 Å². The van der Waals surface area contributed by atoms with Gasteiger partial charge in [-0.2, -0.15) is 0 Å². The number of nitrogens with two attached hydrogens (primary N) is 1. The van der Waals surface area contributed by atoms with Crippen LogP contribution in [0.2, 0.25) is 0 Å². The average Bonchev–Trinajstić information content (AvgIpc) is 2.49. The molecule has 2 heterocycles. The van der Waals surface area contributed by atoms with Crippen molar-refractivity contribution in [1.29, 1.82) is 0 Å². The normalized spacial score (nSPS) is 21.2. The standard InChI is InChI=1S/C14H21BN2O2/c1-10-9-17-12(16)8-11(10)6-7-15-18-13(2,3)14(4,5)19-15/h6-9H,1-5H3,(H2,16,17)/b7-6+. The van der Waals surface area contributed by atoms with Gasteiger partial charge in [-0.05, 0) is 51.8 Å². The van der Waals surface area contributed by atoms with Crippen LogP contribution in [0.5, 0.6) is 0 Å². The van der Waals surface area contributed by atoms with Crippen LogP contribution in [-0.4, -0.2) is 23.3 Å². The molecule has 2 N–H and O–H groups in total. The zero-order valence-corrected chi connectivity index (χ0v) is 12.2. The predicted octanol–water partition coefficient (Wildman–Crippen LogP) is 2.62. The van der Waals surface area contributed by atoms with Crippen molar-refractivity contribution in [2.45, 2.75) is 45.8 Å². The molecule has 1 fully saturated rings. The number of anilines is 1. The Morgan fingerprint density at radius 2 is 1.79 bits per heavy atom. The van der Waals surface area contributed by atoms with Crippen LogP contribution in [0.15, 0.2) is 18.2 Å². The van der Waals surface area contributed by atoms with Gasteiger partial charge in [-0.3, -0.25) is 0 Å². The van der Waals surface area contributed by atoms with Gasteiger partial charge in [-0.25, -0.2) is 4.98 Å². The van der Waals surface area contributed by atoms with Crippen LogP contribution in [0, 0.1) is 6.92 Å². The Morgan fingerprint density at radius 1 is 1.21 bits per heavy atom. The van der Waals surface area contributed by atoms with Crippen LogP contribution in [-0.2, 0) is 9.31 Å². The topological polar surface area (TPSA) is 57.4 Å². The highest BCUT2D eigenvalue weighted by molar-refractivity contribution is 6.52. The molecule has 5 heteroatoms. The van der Waals surface area contributed by atoms with Gasteiger partial charge in [0.25, 0.3) is 0 Å². The minimum Gasteiger partial charge on any atom is -0.400 e. The molecule has 19 heavy (non-hydrogen) atoms. The number of nitrogen functional groups attached to an aromatic ring is 1. The zero-order valence-electron chi connectivity index (χ0n) is 12.2. The van der Waals surface area contributed by atoms with E-state index in [0.29, 0.717) is 5.82 Å². The lowest BCUT2D eigenvalue weighted by Crippen LogP contribution is -2.41. The minimum atomic E-state index is -0.334. The summed E-state index contributed by atoms with van der Waals surface area (Å²) in [5.41, 5.74) is 7.17. The van der Waals surface area contributed by atoms with Gasteiger partial charge in [0, 0.05) is 6.20 Å². The van der Waals surface area contributed by atoms with Crippen LogP contribution < -0.4 is 5.73 Å². The van der Waals surface area contributed by atoms with Gasteiger partial charge in [-0.15, -0.1) is 0 Å². The van der Waals surface area contributed by atoms with Crippen molar-refractivity contribution in [3.8, 4) is 0 Å². The van der Waals surface area contributed by atoms with Crippen molar-refractivity contribution in [3.63, 3.8) is 0 Å². The molecule has 1 aliphatic rings. The predicted molar refractivity (Wildman–Crippen MR) is 78.5 cm³/mol. The van der Waals surface area contributed by atoms with Crippen LogP contribution in [0.1, 0.15) is 38.8 Å². The number of rotatable bonds is 2. The lowest BCUT2D eigenvalue weighted by Gasteiger charge is -2.32. The smallest absolute Gasteiger partial charge is 0.400 e. The fourth-order valence-corrected chi connectivity index (χ4v) is 1.89. The van der Waals surface area contributed by atoms with Crippen molar-refractivity contribution < 1.29 is 9.31 Å². The molecule has 1 saturated heterocycles. The summed E-state index contributed by atoms with van der Waals surface area (Å²) >= 11 is 0. The van der Waals surface area contributed by atoms with Gasteiger partial charge in [0.2, 0.25) is 0 Å². The largest absolute Gasteiger partial charge is 0.487 e. The third kappa shape index (κ3) is 2.82. The van der Waals surface area contributed by atoms with Crippen molar-refractivity contribution in [2.75, 3.05) is 5.73 Å². The first-order valence-corrected chi connectivity index (χ1v) is 6.47. The summed E-state index contributed by atoms with van der Waals surface area (Å²) < 4.78 is 11.8. The van der Waals surface area contributed by atoms with E-state index in [0.717, 1.165) is 11.1 Å². The molecule has 0 amide bonds. The highest BCUT2D eigenvalue weighted by Gasteiger charge is 2.49. The van der Waals surface area contributed by atoms with E-state index < -0.39 is 0 Å². The Bertz CT molecular complexity index is 496. The highest BCUT2D eigenvalue weighted by Crippen LogP contribution is 2.37. The Kier molecular flexibility index (Phi) is 3.45. The fraction of sp³-hybridized carbons (Fsp3) is 0.500. The zero-order chi connectivity index (χ0) is 14.3. The van der Waals surface area contributed by atoms with E-state index in [2.05, 4.69) is 4.98 Å². The van der Waals surface area contributed by atoms with Crippen molar-refractivity contribution in [2.24, 2.45) is 0 Å². The molecule has 0 aromatic carbocycles. The summed E-state index contributed by atoms with van der Waals surface area (Å²) in [6, 6.07) is 1.84. The molecule has 1 aliphatic heterocycles. The molecule has 0 aliphatic carbocycles. The second-order valence-corrected chi connectivity index (χ2v) is 5.95. The monoisotopic (exact) mass is 260 g/mol. The maximum absolute atomic E-state index is 5.90. The molecule has 0 atom stereocenters. The van der Waals surface area contributed by atoms with Crippen LogP contribution in [0.25, 0.3) is 6.08 Å². The SMILES string of the molecule is Cc1cnc(N)cc1/C=C/B1OC(C)(C)C(C)(C)O1. The Balaban J connectivity index is 2.15. The number of hydrogen-bond donors (Lipinski definition) is 1. The summed E-state index contributed by atoms with van der Waals surface area (Å²) in [6.45, 7) is 10.1. The van der Waals surface area contributed by atoms with Gasteiger partial charge in [0.15, 0.2) is 0 Å². The van der Waals surface area contributed by atoms with Crippen LogP contribution in [0.3, 0.4) is 0 Å². The third-order valence-corrected chi connectivity index (χ3v) is 3.87. The summed E-state index contributed by atoms with van der Waals surface area (Å²) in [5, 5.41) is 0. The minimum absolute atomic E-state index is 0.311. The van der Waals surface area contributed by atoms with Gasteiger partial charge in [0.05, 0.1) is 11.2 Å². The highest BCUT2D eigenvalue weighted by atomic mass is 16.7. The van der Waals surface area contributed by atoms with Gasteiger partial charge in [-0.1, -0.05) is 12.1 Å². The lowest BCUT2D eigenvalue weighted by molar-refractivity contribution is 0.00578. The molecule has 1 aromatic rings. The number of pyridine rings is 1. The maximum Gasteiger partial charge on any atom is 0.487 e. The Morgan fingerprint density at radius 3 is 2.37 bits per heavy atom. The van der Waals surface area contributed by atoms with Gasteiger partial charge >= 0.3 is 7.12 Å². The Labute approximate surface area is 115 Å². The van der Waals surface area contributed by atoms with Crippen molar-refractivity contribution in [3.05, 3.63) is 29.4 Å². The molecule has 4 nitrogen and oxygen atoms in total. The Hall–Kier alpha value is -1.33. The second kappa shape index (κ2) is 4.65. The van der Waals surface area contributed by atoms with E-state index in [4.69, 9.17) is 15.0 Å². The fourth-order valence-electron chi connectivity index (χ4n) is 1.89. The molecule has 2 rings (SSSR count). The molecule has 0 saturated carbocycles. The van der Waals surface area contributed by atoms with Crippen molar-refractivity contribution in [1.82, 2.24) is 4.98 Å². The second-order valence-electron chi connectivity index (χ2n) is 5.95. The quantitative estimate of drug-likeness (QED) is 0.830.